The van der Waals surface area contributed by atoms with Crippen molar-refractivity contribution in [2.45, 2.75) is 51.4 Å². The molecule has 7 nitrogen and oxygen atoms in total. The van der Waals surface area contributed by atoms with Crippen LogP contribution in [0.1, 0.15) is 38.2 Å². The van der Waals surface area contributed by atoms with Crippen molar-refractivity contribution in [3.63, 3.8) is 0 Å². The first-order valence-electron chi connectivity index (χ1n) is 12.5. The molecule has 0 unspecified atom stereocenters. The van der Waals surface area contributed by atoms with E-state index < -0.39 is 6.10 Å². The lowest BCUT2D eigenvalue weighted by Crippen LogP contribution is -2.40. The first-order chi connectivity index (χ1) is 16.6. The van der Waals surface area contributed by atoms with E-state index in [1.54, 1.807) is 0 Å². The van der Waals surface area contributed by atoms with Gasteiger partial charge in [0.05, 0.1) is 24.4 Å². The Balaban J connectivity index is 1.58. The van der Waals surface area contributed by atoms with Gasteiger partial charge in [-0.25, -0.2) is 0 Å². The maximum atomic E-state index is 10.7. The maximum Gasteiger partial charge on any atom is 0.232 e. The lowest BCUT2D eigenvalue weighted by Gasteiger charge is -2.32. The molecule has 1 aromatic heterocycles. The van der Waals surface area contributed by atoms with E-state index >= 15 is 0 Å². The van der Waals surface area contributed by atoms with Crippen LogP contribution in [-0.2, 0) is 16.0 Å². The number of aliphatic hydroxyl groups excluding tert-OH is 1. The first kappa shape index (κ1) is 24.7. The molecule has 0 amide bonds. The van der Waals surface area contributed by atoms with E-state index in [1.807, 2.05) is 18.2 Å². The first-order valence-corrected chi connectivity index (χ1v) is 12.5. The second-order valence-electron chi connectivity index (χ2n) is 9.55. The van der Waals surface area contributed by atoms with Gasteiger partial charge in [0.1, 0.15) is 12.3 Å². The van der Waals surface area contributed by atoms with Gasteiger partial charge < -0.3 is 24.0 Å². The van der Waals surface area contributed by atoms with E-state index in [9.17, 15) is 5.11 Å². The van der Waals surface area contributed by atoms with Crippen molar-refractivity contribution in [3.8, 4) is 23.6 Å². The van der Waals surface area contributed by atoms with Crippen LogP contribution < -0.4 is 4.90 Å². The molecule has 2 aromatic rings. The van der Waals surface area contributed by atoms with Crippen molar-refractivity contribution in [1.29, 1.82) is 0 Å². The highest BCUT2D eigenvalue weighted by Crippen LogP contribution is 2.34. The molecule has 2 fully saturated rings. The van der Waals surface area contributed by atoms with Gasteiger partial charge in [0, 0.05) is 44.9 Å². The van der Waals surface area contributed by atoms with E-state index in [1.165, 1.54) is 0 Å². The topological polar surface area (TPSA) is 71.2 Å². The molecule has 2 aliphatic rings. The molecule has 0 aliphatic carbocycles. The summed E-state index contributed by atoms with van der Waals surface area (Å²) in [5.41, 5.74) is 2.97. The predicted octanol–water partition coefficient (Wildman–Crippen LogP) is 3.57. The molecule has 0 saturated carbocycles. The summed E-state index contributed by atoms with van der Waals surface area (Å²) in [5, 5.41) is 15.2. The van der Waals surface area contributed by atoms with Crippen LogP contribution in [-0.4, -0.2) is 73.4 Å². The zero-order valence-corrected chi connectivity index (χ0v) is 20.2. The standard InChI is InChI=1S/C27H37N3O4/c1-3-15-32-20-23(31)17-29(18-24-10-7-16-33-24)19-25-26(22-8-5-4-6-9-22)28-34-27(25)30-13-11-21(2)12-14-30/h1,4-6,8-9,21,23-24,31H,7,10-20H2,2H3/t23-,24-/m0/s1. The van der Waals surface area contributed by atoms with Gasteiger partial charge in [0.2, 0.25) is 5.88 Å². The van der Waals surface area contributed by atoms with Crippen LogP contribution >= 0.6 is 0 Å². The van der Waals surface area contributed by atoms with Gasteiger partial charge in [-0.05, 0) is 31.6 Å². The normalized spacial score (nSPS) is 20.1. The Hall–Kier alpha value is -2.37. The van der Waals surface area contributed by atoms with Gasteiger partial charge in [-0.1, -0.05) is 48.3 Å². The lowest BCUT2D eigenvalue weighted by molar-refractivity contribution is 0.00958. The minimum atomic E-state index is -0.644. The summed E-state index contributed by atoms with van der Waals surface area (Å²) in [6.45, 7) is 7.25. The molecule has 1 aromatic carbocycles. The summed E-state index contributed by atoms with van der Waals surface area (Å²) in [6.07, 6.45) is 9.20. The molecule has 0 bridgehead atoms. The number of hydrogen-bond donors (Lipinski definition) is 1. The van der Waals surface area contributed by atoms with Gasteiger partial charge >= 0.3 is 0 Å². The van der Waals surface area contributed by atoms with Crippen molar-refractivity contribution in [1.82, 2.24) is 10.1 Å². The molecular weight excluding hydrogens is 430 g/mol. The Morgan fingerprint density at radius 1 is 1.26 bits per heavy atom. The van der Waals surface area contributed by atoms with Crippen molar-refractivity contribution in [2.24, 2.45) is 5.92 Å². The van der Waals surface area contributed by atoms with Crippen LogP contribution in [0.4, 0.5) is 5.88 Å². The molecule has 2 atom stereocenters. The number of piperidine rings is 1. The lowest BCUT2D eigenvalue weighted by atomic mass is 9.98. The second kappa shape index (κ2) is 12.4. The summed E-state index contributed by atoms with van der Waals surface area (Å²) in [7, 11) is 0. The molecular formula is C27H37N3O4. The Kier molecular flexibility index (Phi) is 9.00. The Labute approximate surface area is 203 Å². The Morgan fingerprint density at radius 2 is 2.06 bits per heavy atom. The Bertz CT molecular complexity index is 912. The highest BCUT2D eigenvalue weighted by Gasteiger charge is 2.29. The largest absolute Gasteiger partial charge is 0.389 e. The van der Waals surface area contributed by atoms with Crippen LogP contribution in [0.15, 0.2) is 34.9 Å². The summed E-state index contributed by atoms with van der Waals surface area (Å²) in [6, 6.07) is 10.2. The van der Waals surface area contributed by atoms with E-state index in [2.05, 4.69) is 39.9 Å². The zero-order valence-electron chi connectivity index (χ0n) is 20.2. The number of hydrogen-bond acceptors (Lipinski definition) is 7. The SMILES string of the molecule is C#CCOC[C@@H](O)CN(Cc1c(-c2ccccc2)noc1N1CCC(C)CC1)C[C@@H]1CCCO1. The minimum absolute atomic E-state index is 0.165. The molecule has 0 spiro atoms. The molecule has 0 radical (unpaired) electrons. The van der Waals surface area contributed by atoms with Gasteiger partial charge in [-0.3, -0.25) is 4.90 Å². The van der Waals surface area contributed by atoms with E-state index in [0.29, 0.717) is 13.1 Å². The molecule has 34 heavy (non-hydrogen) atoms. The number of ether oxygens (including phenoxy) is 2. The Morgan fingerprint density at radius 3 is 2.76 bits per heavy atom. The highest BCUT2D eigenvalue weighted by atomic mass is 16.5. The summed E-state index contributed by atoms with van der Waals surface area (Å²) >= 11 is 0. The van der Waals surface area contributed by atoms with Gasteiger partial charge in [-0.2, -0.15) is 0 Å². The summed E-state index contributed by atoms with van der Waals surface area (Å²) in [4.78, 5) is 4.57. The number of benzene rings is 1. The third kappa shape index (κ3) is 6.61. The quantitative estimate of drug-likeness (QED) is 0.400. The molecule has 2 aliphatic heterocycles. The fraction of sp³-hybridized carbons (Fsp3) is 0.593. The second-order valence-corrected chi connectivity index (χ2v) is 9.55. The number of nitrogens with zero attached hydrogens (tertiary/aromatic N) is 3. The molecule has 4 rings (SSSR count). The summed E-state index contributed by atoms with van der Waals surface area (Å²) in [5.74, 6) is 4.03. The number of rotatable bonds is 11. The summed E-state index contributed by atoms with van der Waals surface area (Å²) < 4.78 is 17.3. The van der Waals surface area contributed by atoms with Crippen molar-refractivity contribution >= 4 is 5.88 Å². The van der Waals surface area contributed by atoms with E-state index in [4.69, 9.17) is 20.4 Å². The third-order valence-corrected chi connectivity index (χ3v) is 6.72. The number of anilines is 1. The van der Waals surface area contributed by atoms with Crippen LogP contribution in [0.5, 0.6) is 0 Å². The van der Waals surface area contributed by atoms with Crippen molar-refractivity contribution in [3.05, 3.63) is 35.9 Å². The molecule has 3 heterocycles. The predicted molar refractivity (Wildman–Crippen MR) is 132 cm³/mol. The highest BCUT2D eigenvalue weighted by molar-refractivity contribution is 5.68. The average Bonchev–Trinajstić information content (AvgIpc) is 3.50. The van der Waals surface area contributed by atoms with Crippen molar-refractivity contribution in [2.75, 3.05) is 50.9 Å². The fourth-order valence-corrected chi connectivity index (χ4v) is 4.83. The fourth-order valence-electron chi connectivity index (χ4n) is 4.83. The van der Waals surface area contributed by atoms with Crippen LogP contribution in [0.25, 0.3) is 11.3 Å². The number of aromatic nitrogens is 1. The zero-order chi connectivity index (χ0) is 23.8. The molecule has 184 valence electrons. The number of terminal acetylenes is 1. The van der Waals surface area contributed by atoms with E-state index in [-0.39, 0.29) is 19.3 Å². The van der Waals surface area contributed by atoms with Crippen LogP contribution in [0.3, 0.4) is 0 Å². The molecule has 1 N–H and O–H groups in total. The smallest absolute Gasteiger partial charge is 0.232 e. The van der Waals surface area contributed by atoms with Crippen LogP contribution in [0.2, 0.25) is 0 Å². The number of aliphatic hydroxyl groups is 1. The molecule has 7 heteroatoms. The minimum Gasteiger partial charge on any atom is -0.389 e. The monoisotopic (exact) mass is 467 g/mol. The van der Waals surface area contributed by atoms with Gasteiger partial charge in [0.15, 0.2) is 0 Å². The van der Waals surface area contributed by atoms with Gasteiger partial charge in [0.25, 0.3) is 0 Å². The van der Waals surface area contributed by atoms with Crippen molar-refractivity contribution < 1.29 is 19.1 Å². The average molecular weight is 468 g/mol. The van der Waals surface area contributed by atoms with E-state index in [0.717, 1.165) is 80.5 Å². The van der Waals surface area contributed by atoms with Crippen LogP contribution in [0, 0.1) is 18.3 Å². The third-order valence-electron chi connectivity index (χ3n) is 6.72. The molecule has 2 saturated heterocycles. The van der Waals surface area contributed by atoms with Gasteiger partial charge in [-0.15, -0.1) is 6.42 Å². The maximum absolute atomic E-state index is 10.7.